The molecule has 0 saturated carbocycles. The number of nitrogens with one attached hydrogen (secondary N) is 1. The molecule has 1 atom stereocenters. The molecule has 3 aromatic rings. The van der Waals surface area contributed by atoms with Crippen LogP contribution in [0.15, 0.2) is 55.0 Å². The first-order chi connectivity index (χ1) is 13.1. The Labute approximate surface area is 158 Å². The Hall–Kier alpha value is -3.12. The van der Waals surface area contributed by atoms with Crippen LogP contribution in [0.2, 0.25) is 0 Å². The fourth-order valence-electron chi connectivity index (χ4n) is 2.80. The molecule has 0 bridgehead atoms. The van der Waals surface area contributed by atoms with Crippen molar-refractivity contribution in [1.29, 1.82) is 0 Å². The van der Waals surface area contributed by atoms with Crippen molar-refractivity contribution in [3.8, 4) is 11.4 Å². The van der Waals surface area contributed by atoms with Gasteiger partial charge in [0.1, 0.15) is 0 Å². The molecule has 0 fully saturated rings. The minimum atomic E-state index is -0.329. The molecule has 0 spiro atoms. The largest absolute Gasteiger partial charge is 0.465 e. The number of hydrogen-bond donors (Lipinski definition) is 1. The minimum absolute atomic E-state index is 0.0942. The minimum Gasteiger partial charge on any atom is -0.465 e. The van der Waals surface area contributed by atoms with Gasteiger partial charge in [0.05, 0.1) is 12.7 Å². The second-order valence-corrected chi connectivity index (χ2v) is 6.26. The van der Waals surface area contributed by atoms with Gasteiger partial charge < -0.3 is 10.1 Å². The van der Waals surface area contributed by atoms with E-state index in [0.717, 1.165) is 22.4 Å². The Bertz CT molecular complexity index is 911. The maximum Gasteiger partial charge on any atom is 0.337 e. The van der Waals surface area contributed by atoms with Crippen LogP contribution in [0.5, 0.6) is 0 Å². The zero-order chi connectivity index (χ0) is 19.2. The molecule has 2 heterocycles. The third-order valence-corrected chi connectivity index (χ3v) is 4.41. The van der Waals surface area contributed by atoms with Crippen molar-refractivity contribution in [2.75, 3.05) is 7.11 Å². The monoisotopic (exact) mass is 362 g/mol. The van der Waals surface area contributed by atoms with Crippen LogP contribution in [0.4, 0.5) is 0 Å². The number of methoxy groups -OCH3 is 1. The molecular weight excluding hydrogens is 340 g/mol. The second kappa shape index (κ2) is 8.51. The Morgan fingerprint density at radius 2 is 1.85 bits per heavy atom. The maximum absolute atomic E-state index is 11.5. The molecule has 0 radical (unpaired) electrons. The van der Waals surface area contributed by atoms with E-state index in [1.54, 1.807) is 24.5 Å². The predicted molar refractivity (Wildman–Crippen MR) is 103 cm³/mol. The molecule has 6 heteroatoms. The molecule has 6 nitrogen and oxygen atoms in total. The molecule has 1 unspecified atom stereocenters. The number of aryl methyl sites for hydroxylation is 1. The lowest BCUT2D eigenvalue weighted by Gasteiger charge is -2.16. The number of ether oxygens (including phenoxy) is 1. The normalized spacial score (nSPS) is 11.8. The van der Waals surface area contributed by atoms with Gasteiger partial charge in [0, 0.05) is 48.0 Å². The Morgan fingerprint density at radius 3 is 2.48 bits per heavy atom. The van der Waals surface area contributed by atoms with E-state index in [1.807, 2.05) is 37.4 Å². The summed E-state index contributed by atoms with van der Waals surface area (Å²) >= 11 is 0. The van der Waals surface area contributed by atoms with Crippen molar-refractivity contribution in [2.24, 2.45) is 0 Å². The van der Waals surface area contributed by atoms with Crippen molar-refractivity contribution < 1.29 is 9.53 Å². The van der Waals surface area contributed by atoms with E-state index < -0.39 is 0 Å². The van der Waals surface area contributed by atoms with Crippen molar-refractivity contribution in [3.63, 3.8) is 0 Å². The Kier molecular flexibility index (Phi) is 5.88. The number of carbonyl (C=O) groups is 1. The van der Waals surface area contributed by atoms with Gasteiger partial charge in [0.2, 0.25) is 0 Å². The van der Waals surface area contributed by atoms with E-state index in [0.29, 0.717) is 17.9 Å². The number of benzene rings is 1. The summed E-state index contributed by atoms with van der Waals surface area (Å²) in [6.45, 7) is 4.75. The molecule has 0 aliphatic rings. The summed E-state index contributed by atoms with van der Waals surface area (Å²) in [6.07, 6.45) is 5.34. The summed E-state index contributed by atoms with van der Waals surface area (Å²) in [7, 11) is 1.38. The first-order valence-electron chi connectivity index (χ1n) is 8.73. The van der Waals surface area contributed by atoms with E-state index in [-0.39, 0.29) is 12.0 Å². The Morgan fingerprint density at radius 1 is 1.15 bits per heavy atom. The van der Waals surface area contributed by atoms with Gasteiger partial charge in [-0.05, 0) is 43.7 Å². The third-order valence-electron chi connectivity index (χ3n) is 4.41. The highest BCUT2D eigenvalue weighted by molar-refractivity contribution is 5.89. The summed E-state index contributed by atoms with van der Waals surface area (Å²) in [4.78, 5) is 24.6. The molecule has 0 aliphatic carbocycles. The summed E-state index contributed by atoms with van der Waals surface area (Å²) in [5, 5.41) is 3.47. The van der Waals surface area contributed by atoms with Crippen LogP contribution in [0.25, 0.3) is 11.4 Å². The lowest BCUT2D eigenvalue weighted by atomic mass is 10.1. The number of aromatic nitrogens is 3. The van der Waals surface area contributed by atoms with Crippen LogP contribution < -0.4 is 5.32 Å². The molecule has 138 valence electrons. The lowest BCUT2D eigenvalue weighted by Crippen LogP contribution is -2.19. The molecule has 0 amide bonds. The number of esters is 1. The van der Waals surface area contributed by atoms with Crippen LogP contribution in [-0.4, -0.2) is 28.0 Å². The van der Waals surface area contributed by atoms with Crippen LogP contribution in [0.3, 0.4) is 0 Å². The van der Waals surface area contributed by atoms with Gasteiger partial charge in [0.15, 0.2) is 5.82 Å². The second-order valence-electron chi connectivity index (χ2n) is 6.26. The Balaban J connectivity index is 1.66. The summed E-state index contributed by atoms with van der Waals surface area (Å²) in [5.41, 5.74) is 4.58. The summed E-state index contributed by atoms with van der Waals surface area (Å²) in [5.74, 6) is 0.370. The van der Waals surface area contributed by atoms with Crippen molar-refractivity contribution >= 4 is 5.97 Å². The predicted octanol–water partition coefficient (Wildman–Crippen LogP) is 3.48. The van der Waals surface area contributed by atoms with Crippen LogP contribution in [0.1, 0.15) is 40.1 Å². The fraction of sp³-hybridized carbons (Fsp3) is 0.238. The third kappa shape index (κ3) is 4.54. The first kappa shape index (κ1) is 18.7. The number of carbonyl (C=O) groups excluding carboxylic acids is 1. The first-order valence-corrected chi connectivity index (χ1v) is 8.73. The van der Waals surface area contributed by atoms with Crippen molar-refractivity contribution in [3.05, 3.63) is 77.4 Å². The van der Waals surface area contributed by atoms with Gasteiger partial charge in [-0.1, -0.05) is 12.1 Å². The van der Waals surface area contributed by atoms with E-state index in [2.05, 4.69) is 27.2 Å². The van der Waals surface area contributed by atoms with Gasteiger partial charge in [-0.3, -0.25) is 4.98 Å². The highest BCUT2D eigenvalue weighted by Crippen LogP contribution is 2.20. The van der Waals surface area contributed by atoms with E-state index in [1.165, 1.54) is 7.11 Å². The van der Waals surface area contributed by atoms with Gasteiger partial charge in [-0.25, -0.2) is 14.8 Å². The molecule has 27 heavy (non-hydrogen) atoms. The summed E-state index contributed by atoms with van der Waals surface area (Å²) in [6, 6.07) is 11.3. The molecule has 0 aliphatic heterocycles. The van der Waals surface area contributed by atoms with E-state index >= 15 is 0 Å². The fourth-order valence-corrected chi connectivity index (χ4v) is 2.80. The lowest BCUT2D eigenvalue weighted by molar-refractivity contribution is 0.0600. The molecule has 1 N–H and O–H groups in total. The SMILES string of the molecule is COC(=O)c1ccc(CNC(C)c2cnc(-c3ccncc3)nc2C)cc1. The smallest absolute Gasteiger partial charge is 0.337 e. The van der Waals surface area contributed by atoms with Crippen LogP contribution >= 0.6 is 0 Å². The number of hydrogen-bond acceptors (Lipinski definition) is 6. The molecule has 1 aromatic carbocycles. The molecule has 0 saturated heterocycles. The highest BCUT2D eigenvalue weighted by atomic mass is 16.5. The molecule has 2 aromatic heterocycles. The zero-order valence-electron chi connectivity index (χ0n) is 15.6. The number of pyridine rings is 1. The van der Waals surface area contributed by atoms with E-state index in [9.17, 15) is 4.79 Å². The average molecular weight is 362 g/mol. The molecule has 3 rings (SSSR count). The topological polar surface area (TPSA) is 77.0 Å². The van der Waals surface area contributed by atoms with Crippen LogP contribution in [0, 0.1) is 6.92 Å². The van der Waals surface area contributed by atoms with Crippen molar-refractivity contribution in [1.82, 2.24) is 20.3 Å². The number of nitrogens with zero attached hydrogens (tertiary/aromatic N) is 3. The van der Waals surface area contributed by atoms with Crippen molar-refractivity contribution in [2.45, 2.75) is 26.4 Å². The molecular formula is C21H22N4O2. The maximum atomic E-state index is 11.5. The van der Waals surface area contributed by atoms with Gasteiger partial charge >= 0.3 is 5.97 Å². The quantitative estimate of drug-likeness (QED) is 0.677. The summed E-state index contributed by atoms with van der Waals surface area (Å²) < 4.78 is 4.71. The average Bonchev–Trinajstić information content (AvgIpc) is 2.72. The van der Waals surface area contributed by atoms with Gasteiger partial charge in [-0.15, -0.1) is 0 Å². The number of rotatable bonds is 6. The highest BCUT2D eigenvalue weighted by Gasteiger charge is 2.12. The van der Waals surface area contributed by atoms with Gasteiger partial charge in [-0.2, -0.15) is 0 Å². The standard InChI is InChI=1S/C21H22N4O2/c1-14(23-12-16-4-6-18(7-5-16)21(26)27-3)19-13-24-20(25-15(19)2)17-8-10-22-11-9-17/h4-11,13-14,23H,12H2,1-3H3. The van der Waals surface area contributed by atoms with Crippen LogP contribution in [-0.2, 0) is 11.3 Å². The van der Waals surface area contributed by atoms with E-state index in [4.69, 9.17) is 4.74 Å². The zero-order valence-corrected chi connectivity index (χ0v) is 15.6. The van der Waals surface area contributed by atoms with Gasteiger partial charge in [0.25, 0.3) is 0 Å².